The molecule has 0 atom stereocenters. The van der Waals surface area contributed by atoms with Crippen LogP contribution in [-0.2, 0) is 12.8 Å². The molecule has 3 heterocycles. The van der Waals surface area contributed by atoms with E-state index in [1.54, 1.807) is 10.4 Å². The Bertz CT molecular complexity index is 668. The summed E-state index contributed by atoms with van der Waals surface area (Å²) in [5.74, 6) is 2.65. The predicted octanol–water partition coefficient (Wildman–Crippen LogP) is 4.29. The molecule has 1 aliphatic carbocycles. The van der Waals surface area contributed by atoms with Gasteiger partial charge in [-0.2, -0.15) is 0 Å². The Balaban J connectivity index is 1.95. The van der Waals surface area contributed by atoms with Crippen molar-refractivity contribution < 1.29 is 0 Å². The number of aromatic nitrogens is 2. The van der Waals surface area contributed by atoms with Crippen molar-refractivity contribution in [2.24, 2.45) is 0 Å². The third-order valence-corrected chi connectivity index (χ3v) is 5.92. The maximum Gasteiger partial charge on any atom is 0.141 e. The van der Waals surface area contributed by atoms with E-state index in [9.17, 15) is 0 Å². The average Bonchev–Trinajstić information content (AvgIpc) is 3.13. The van der Waals surface area contributed by atoms with Crippen LogP contribution in [0.25, 0.3) is 10.2 Å². The Morgan fingerprint density at radius 3 is 2.52 bits per heavy atom. The number of fused-ring (bicyclic) bond motifs is 3. The van der Waals surface area contributed by atoms with Crippen LogP contribution in [-0.4, -0.2) is 23.1 Å². The van der Waals surface area contributed by atoms with Gasteiger partial charge >= 0.3 is 0 Å². The molecular weight excluding hydrogens is 278 g/mol. The summed E-state index contributed by atoms with van der Waals surface area (Å²) >= 11 is 1.93. The van der Waals surface area contributed by atoms with Crippen molar-refractivity contribution in [1.82, 2.24) is 9.97 Å². The van der Waals surface area contributed by atoms with Gasteiger partial charge in [-0.25, -0.2) is 9.97 Å². The number of nitrogens with zero attached hydrogens (tertiary/aromatic N) is 3. The number of hydrogen-bond acceptors (Lipinski definition) is 4. The first-order chi connectivity index (χ1) is 10.2. The summed E-state index contributed by atoms with van der Waals surface area (Å²) in [5, 5.41) is 1.39. The minimum atomic E-state index is 0.398. The molecule has 0 radical (unpaired) electrons. The van der Waals surface area contributed by atoms with Crippen molar-refractivity contribution in [2.75, 3.05) is 18.0 Å². The molecular formula is C17H23N3S. The first-order valence-corrected chi connectivity index (χ1v) is 9.13. The quantitative estimate of drug-likeness (QED) is 0.828. The van der Waals surface area contributed by atoms with Crippen LogP contribution < -0.4 is 4.90 Å². The molecule has 3 nitrogen and oxygen atoms in total. The highest BCUT2D eigenvalue weighted by molar-refractivity contribution is 7.19. The first kappa shape index (κ1) is 13.5. The van der Waals surface area contributed by atoms with Gasteiger partial charge in [0.25, 0.3) is 0 Å². The van der Waals surface area contributed by atoms with Crippen LogP contribution in [0, 0.1) is 0 Å². The van der Waals surface area contributed by atoms with Crippen molar-refractivity contribution in [1.29, 1.82) is 0 Å². The van der Waals surface area contributed by atoms with E-state index in [0.29, 0.717) is 5.92 Å². The summed E-state index contributed by atoms with van der Waals surface area (Å²) in [5.41, 5.74) is 1.57. The van der Waals surface area contributed by atoms with E-state index in [2.05, 4.69) is 18.7 Å². The fraction of sp³-hybridized carbons (Fsp3) is 0.647. The molecule has 1 aliphatic heterocycles. The standard InChI is InChI=1S/C17H23N3S/c1-11(2)15-18-16(20-9-5-6-10-20)14-12-7-3-4-8-13(12)21-17(14)19-15/h11H,3-10H2,1-2H3. The maximum atomic E-state index is 4.98. The van der Waals surface area contributed by atoms with E-state index in [1.807, 2.05) is 11.3 Å². The summed E-state index contributed by atoms with van der Waals surface area (Å²) in [6.07, 6.45) is 7.73. The van der Waals surface area contributed by atoms with Gasteiger partial charge < -0.3 is 4.90 Å². The van der Waals surface area contributed by atoms with E-state index in [1.165, 1.54) is 54.6 Å². The van der Waals surface area contributed by atoms with Gasteiger partial charge in [-0.05, 0) is 44.1 Å². The topological polar surface area (TPSA) is 29.0 Å². The average molecular weight is 301 g/mol. The molecule has 0 N–H and O–H groups in total. The summed E-state index contributed by atoms with van der Waals surface area (Å²) in [4.78, 5) is 15.2. The minimum absolute atomic E-state index is 0.398. The SMILES string of the molecule is CC(C)c1nc(N2CCCC2)c2c3c(sc2n1)CCCC3. The molecule has 0 aromatic carbocycles. The monoisotopic (exact) mass is 301 g/mol. The van der Waals surface area contributed by atoms with Crippen LogP contribution >= 0.6 is 11.3 Å². The van der Waals surface area contributed by atoms with Crippen LogP contribution in [0.15, 0.2) is 0 Å². The maximum absolute atomic E-state index is 4.98. The molecule has 4 heteroatoms. The lowest BCUT2D eigenvalue weighted by Gasteiger charge is -2.20. The Labute approximate surface area is 130 Å². The molecule has 0 saturated carbocycles. The molecule has 1 saturated heterocycles. The van der Waals surface area contributed by atoms with Crippen LogP contribution in [0.3, 0.4) is 0 Å². The second-order valence-corrected chi connectivity index (χ2v) is 7.73. The van der Waals surface area contributed by atoms with Crippen molar-refractivity contribution in [3.05, 3.63) is 16.3 Å². The molecule has 0 spiro atoms. The largest absolute Gasteiger partial charge is 0.356 e. The van der Waals surface area contributed by atoms with Gasteiger partial charge in [0.05, 0.1) is 5.39 Å². The van der Waals surface area contributed by atoms with Gasteiger partial charge in [-0.15, -0.1) is 11.3 Å². The normalized spacial score (nSPS) is 18.7. The fourth-order valence-corrected chi connectivity index (χ4v) is 4.83. The molecule has 0 bridgehead atoms. The fourth-order valence-electron chi connectivity index (χ4n) is 3.57. The van der Waals surface area contributed by atoms with Crippen molar-refractivity contribution in [3.63, 3.8) is 0 Å². The van der Waals surface area contributed by atoms with Gasteiger partial charge in [0.1, 0.15) is 16.5 Å². The number of hydrogen-bond donors (Lipinski definition) is 0. The number of anilines is 1. The lowest BCUT2D eigenvalue weighted by molar-refractivity contribution is 0.699. The Hall–Kier alpha value is -1.16. The number of rotatable bonds is 2. The van der Waals surface area contributed by atoms with Crippen molar-refractivity contribution >= 4 is 27.4 Å². The molecule has 0 unspecified atom stereocenters. The van der Waals surface area contributed by atoms with Crippen LogP contribution in [0.1, 0.15) is 61.7 Å². The van der Waals surface area contributed by atoms with Gasteiger partial charge in [-0.3, -0.25) is 0 Å². The smallest absolute Gasteiger partial charge is 0.141 e. The Morgan fingerprint density at radius 2 is 1.76 bits per heavy atom. The first-order valence-electron chi connectivity index (χ1n) is 8.31. The zero-order chi connectivity index (χ0) is 14.4. The highest BCUT2D eigenvalue weighted by Gasteiger charge is 2.25. The summed E-state index contributed by atoms with van der Waals surface area (Å²) in [6, 6.07) is 0. The highest BCUT2D eigenvalue weighted by Crippen LogP contribution is 2.40. The minimum Gasteiger partial charge on any atom is -0.356 e. The highest BCUT2D eigenvalue weighted by atomic mass is 32.1. The molecule has 2 aromatic rings. The zero-order valence-electron chi connectivity index (χ0n) is 13.0. The molecule has 1 fully saturated rings. The summed E-state index contributed by atoms with van der Waals surface area (Å²) in [6.45, 7) is 6.72. The van der Waals surface area contributed by atoms with Crippen molar-refractivity contribution in [2.45, 2.75) is 58.3 Å². The third-order valence-electron chi connectivity index (χ3n) is 4.73. The van der Waals surface area contributed by atoms with E-state index >= 15 is 0 Å². The lowest BCUT2D eigenvalue weighted by Crippen LogP contribution is -2.20. The summed E-state index contributed by atoms with van der Waals surface area (Å²) in [7, 11) is 0. The number of aryl methyl sites for hydroxylation is 2. The molecule has 21 heavy (non-hydrogen) atoms. The Morgan fingerprint density at radius 1 is 1.00 bits per heavy atom. The second kappa shape index (κ2) is 5.24. The second-order valence-electron chi connectivity index (χ2n) is 6.65. The van der Waals surface area contributed by atoms with Crippen LogP contribution in [0.4, 0.5) is 5.82 Å². The molecule has 2 aromatic heterocycles. The predicted molar refractivity (Wildman–Crippen MR) is 89.6 cm³/mol. The van der Waals surface area contributed by atoms with E-state index in [0.717, 1.165) is 18.9 Å². The summed E-state index contributed by atoms with van der Waals surface area (Å²) < 4.78 is 0. The van der Waals surface area contributed by atoms with E-state index < -0.39 is 0 Å². The molecule has 0 amide bonds. The van der Waals surface area contributed by atoms with E-state index in [4.69, 9.17) is 9.97 Å². The van der Waals surface area contributed by atoms with Gasteiger partial charge in [0.15, 0.2) is 0 Å². The van der Waals surface area contributed by atoms with E-state index in [-0.39, 0.29) is 0 Å². The van der Waals surface area contributed by atoms with Crippen molar-refractivity contribution in [3.8, 4) is 0 Å². The molecule has 112 valence electrons. The van der Waals surface area contributed by atoms with Gasteiger partial charge in [0, 0.05) is 23.9 Å². The van der Waals surface area contributed by atoms with Crippen LogP contribution in [0.2, 0.25) is 0 Å². The molecule has 4 rings (SSSR count). The third kappa shape index (κ3) is 2.24. The van der Waals surface area contributed by atoms with Gasteiger partial charge in [0.2, 0.25) is 0 Å². The van der Waals surface area contributed by atoms with Gasteiger partial charge in [-0.1, -0.05) is 13.8 Å². The number of thiophene rings is 1. The Kier molecular flexibility index (Phi) is 3.37. The van der Waals surface area contributed by atoms with Crippen LogP contribution in [0.5, 0.6) is 0 Å². The lowest BCUT2D eigenvalue weighted by atomic mass is 9.97. The molecule has 2 aliphatic rings. The zero-order valence-corrected chi connectivity index (χ0v) is 13.8.